The SMILES string of the molecule is Cc1ccc(NCCS(C)(=O)=O)nc1. The van der Waals surface area contributed by atoms with Gasteiger partial charge in [0.25, 0.3) is 0 Å². The van der Waals surface area contributed by atoms with Crippen molar-refractivity contribution in [1.29, 1.82) is 0 Å². The summed E-state index contributed by atoms with van der Waals surface area (Å²) in [6.45, 7) is 2.35. The molecule has 1 aromatic heterocycles. The van der Waals surface area contributed by atoms with Gasteiger partial charge in [0.1, 0.15) is 15.7 Å². The summed E-state index contributed by atoms with van der Waals surface area (Å²) in [6, 6.07) is 3.76. The molecular weight excluding hydrogens is 200 g/mol. The molecule has 0 aliphatic rings. The van der Waals surface area contributed by atoms with Crippen LogP contribution in [0.4, 0.5) is 5.82 Å². The van der Waals surface area contributed by atoms with Crippen molar-refractivity contribution in [1.82, 2.24) is 4.98 Å². The molecule has 0 aromatic carbocycles. The Labute approximate surface area is 84.3 Å². The van der Waals surface area contributed by atoms with E-state index in [0.29, 0.717) is 12.4 Å². The van der Waals surface area contributed by atoms with Gasteiger partial charge in [-0.25, -0.2) is 13.4 Å². The summed E-state index contributed by atoms with van der Waals surface area (Å²) in [6.07, 6.45) is 2.96. The lowest BCUT2D eigenvalue weighted by atomic mass is 10.3. The molecule has 1 N–H and O–H groups in total. The van der Waals surface area contributed by atoms with Crippen molar-refractivity contribution in [3.8, 4) is 0 Å². The number of hydrogen-bond donors (Lipinski definition) is 1. The van der Waals surface area contributed by atoms with Gasteiger partial charge in [-0.2, -0.15) is 0 Å². The molecule has 1 aromatic rings. The molecule has 14 heavy (non-hydrogen) atoms. The smallest absolute Gasteiger partial charge is 0.149 e. The van der Waals surface area contributed by atoms with E-state index in [4.69, 9.17) is 0 Å². The zero-order chi connectivity index (χ0) is 10.6. The minimum Gasteiger partial charge on any atom is -0.369 e. The Bertz CT molecular complexity index is 384. The predicted octanol–water partition coefficient (Wildman–Crippen LogP) is 0.847. The van der Waals surface area contributed by atoms with E-state index in [1.807, 2.05) is 19.1 Å². The molecule has 0 unspecified atom stereocenters. The van der Waals surface area contributed by atoms with E-state index in [9.17, 15) is 8.42 Å². The van der Waals surface area contributed by atoms with Gasteiger partial charge in [-0.1, -0.05) is 6.07 Å². The third-order valence-electron chi connectivity index (χ3n) is 1.69. The van der Waals surface area contributed by atoms with Gasteiger partial charge in [0.15, 0.2) is 0 Å². The monoisotopic (exact) mass is 214 g/mol. The molecule has 1 heterocycles. The molecule has 0 saturated carbocycles. The van der Waals surface area contributed by atoms with Gasteiger partial charge in [-0.3, -0.25) is 0 Å². The lowest BCUT2D eigenvalue weighted by Gasteiger charge is -2.04. The second kappa shape index (κ2) is 4.41. The second-order valence-corrected chi connectivity index (χ2v) is 5.54. The van der Waals surface area contributed by atoms with Crippen LogP contribution >= 0.6 is 0 Å². The van der Waals surface area contributed by atoms with Crippen LogP contribution in [0.2, 0.25) is 0 Å². The number of anilines is 1. The number of aromatic nitrogens is 1. The first-order valence-electron chi connectivity index (χ1n) is 4.31. The van der Waals surface area contributed by atoms with Gasteiger partial charge in [-0.15, -0.1) is 0 Å². The molecule has 0 radical (unpaired) electrons. The van der Waals surface area contributed by atoms with Crippen molar-refractivity contribution in [2.45, 2.75) is 6.92 Å². The summed E-state index contributed by atoms with van der Waals surface area (Å²) in [5, 5.41) is 2.94. The first-order valence-corrected chi connectivity index (χ1v) is 6.38. The lowest BCUT2D eigenvalue weighted by molar-refractivity contribution is 0.602. The number of rotatable bonds is 4. The quantitative estimate of drug-likeness (QED) is 0.807. The van der Waals surface area contributed by atoms with Crippen molar-refractivity contribution in [3.05, 3.63) is 23.9 Å². The zero-order valence-corrected chi connectivity index (χ0v) is 9.13. The van der Waals surface area contributed by atoms with Gasteiger partial charge in [0, 0.05) is 19.0 Å². The summed E-state index contributed by atoms with van der Waals surface area (Å²) < 4.78 is 21.6. The maximum Gasteiger partial charge on any atom is 0.149 e. The van der Waals surface area contributed by atoms with E-state index >= 15 is 0 Å². The standard InChI is InChI=1S/C9H14N2O2S/c1-8-3-4-9(11-7-8)10-5-6-14(2,12)13/h3-4,7H,5-6H2,1-2H3,(H,10,11). The van der Waals surface area contributed by atoms with Gasteiger partial charge in [-0.05, 0) is 18.6 Å². The summed E-state index contributed by atoms with van der Waals surface area (Å²) in [5.41, 5.74) is 1.08. The molecule has 0 atom stereocenters. The van der Waals surface area contributed by atoms with E-state index in [1.54, 1.807) is 6.20 Å². The van der Waals surface area contributed by atoms with Crippen LogP contribution in [0.1, 0.15) is 5.56 Å². The van der Waals surface area contributed by atoms with Gasteiger partial charge in [0.05, 0.1) is 5.75 Å². The zero-order valence-electron chi connectivity index (χ0n) is 8.32. The Morgan fingerprint density at radius 3 is 2.64 bits per heavy atom. The number of aryl methyl sites for hydroxylation is 1. The number of nitrogens with zero attached hydrogens (tertiary/aromatic N) is 1. The Balaban J connectivity index is 2.43. The molecule has 78 valence electrons. The molecule has 0 amide bonds. The average molecular weight is 214 g/mol. The van der Waals surface area contributed by atoms with Crippen LogP contribution in [-0.4, -0.2) is 32.0 Å². The first-order chi connectivity index (χ1) is 6.47. The third kappa shape index (κ3) is 4.23. The fourth-order valence-electron chi connectivity index (χ4n) is 0.937. The molecule has 0 saturated heterocycles. The van der Waals surface area contributed by atoms with Crippen LogP contribution < -0.4 is 5.32 Å². The van der Waals surface area contributed by atoms with Gasteiger partial charge in [0.2, 0.25) is 0 Å². The van der Waals surface area contributed by atoms with Crippen LogP contribution in [0.15, 0.2) is 18.3 Å². The number of nitrogens with one attached hydrogen (secondary N) is 1. The van der Waals surface area contributed by atoms with E-state index in [-0.39, 0.29) is 5.75 Å². The van der Waals surface area contributed by atoms with Crippen molar-refractivity contribution in [3.63, 3.8) is 0 Å². The second-order valence-electron chi connectivity index (χ2n) is 3.28. The van der Waals surface area contributed by atoms with Gasteiger partial charge >= 0.3 is 0 Å². The minimum atomic E-state index is -2.89. The molecule has 0 aliphatic heterocycles. The van der Waals surface area contributed by atoms with E-state index in [1.165, 1.54) is 6.26 Å². The molecule has 0 bridgehead atoms. The van der Waals surface area contributed by atoms with Crippen LogP contribution in [0.3, 0.4) is 0 Å². The topological polar surface area (TPSA) is 59.1 Å². The lowest BCUT2D eigenvalue weighted by Crippen LogP contribution is -2.14. The van der Waals surface area contributed by atoms with Crippen LogP contribution in [-0.2, 0) is 9.84 Å². The molecule has 1 rings (SSSR count). The van der Waals surface area contributed by atoms with E-state index < -0.39 is 9.84 Å². The number of pyridine rings is 1. The fourth-order valence-corrected chi connectivity index (χ4v) is 1.41. The highest BCUT2D eigenvalue weighted by molar-refractivity contribution is 7.90. The summed E-state index contributed by atoms with van der Waals surface area (Å²) >= 11 is 0. The van der Waals surface area contributed by atoms with Crippen molar-refractivity contribution in [2.75, 3.05) is 23.9 Å². The maximum absolute atomic E-state index is 10.8. The summed E-state index contributed by atoms with van der Waals surface area (Å²) in [4.78, 5) is 4.09. The predicted molar refractivity (Wildman–Crippen MR) is 57.2 cm³/mol. The highest BCUT2D eigenvalue weighted by Crippen LogP contribution is 2.02. The van der Waals surface area contributed by atoms with Crippen molar-refractivity contribution < 1.29 is 8.42 Å². The first kappa shape index (κ1) is 11.0. The summed E-state index contributed by atoms with van der Waals surface area (Å²) in [7, 11) is -2.89. The highest BCUT2D eigenvalue weighted by atomic mass is 32.2. The Morgan fingerprint density at radius 2 is 2.14 bits per heavy atom. The Kier molecular flexibility index (Phi) is 3.46. The normalized spacial score (nSPS) is 11.3. The summed E-state index contributed by atoms with van der Waals surface area (Å²) in [5.74, 6) is 0.835. The van der Waals surface area contributed by atoms with Crippen LogP contribution in [0.25, 0.3) is 0 Å². The maximum atomic E-state index is 10.8. The van der Waals surface area contributed by atoms with Crippen molar-refractivity contribution in [2.24, 2.45) is 0 Å². The molecule has 4 nitrogen and oxygen atoms in total. The number of sulfone groups is 1. The largest absolute Gasteiger partial charge is 0.369 e. The van der Waals surface area contributed by atoms with E-state index in [0.717, 1.165) is 5.56 Å². The van der Waals surface area contributed by atoms with Crippen LogP contribution in [0.5, 0.6) is 0 Å². The molecule has 0 fully saturated rings. The molecule has 5 heteroatoms. The molecule has 0 spiro atoms. The minimum absolute atomic E-state index is 0.128. The molecular formula is C9H14N2O2S. The fraction of sp³-hybridized carbons (Fsp3) is 0.444. The molecule has 0 aliphatic carbocycles. The highest BCUT2D eigenvalue weighted by Gasteiger charge is 2.01. The van der Waals surface area contributed by atoms with Crippen molar-refractivity contribution >= 4 is 15.7 Å². The Hall–Kier alpha value is -1.10. The van der Waals surface area contributed by atoms with E-state index in [2.05, 4.69) is 10.3 Å². The van der Waals surface area contributed by atoms with Gasteiger partial charge < -0.3 is 5.32 Å². The Morgan fingerprint density at radius 1 is 1.43 bits per heavy atom. The number of hydrogen-bond acceptors (Lipinski definition) is 4. The average Bonchev–Trinajstić information content (AvgIpc) is 2.06. The third-order valence-corrected chi connectivity index (χ3v) is 2.64. The van der Waals surface area contributed by atoms with Crippen LogP contribution in [0, 0.1) is 6.92 Å².